The van der Waals surface area contributed by atoms with Gasteiger partial charge in [-0.1, -0.05) is 13.8 Å². The monoisotopic (exact) mass is 295 g/mol. The zero-order valence-electron chi connectivity index (χ0n) is 13.0. The van der Waals surface area contributed by atoms with Gasteiger partial charge in [0, 0.05) is 18.4 Å². The van der Waals surface area contributed by atoms with Crippen LogP contribution < -0.4 is 5.32 Å². The van der Waals surface area contributed by atoms with Crippen LogP contribution in [0.15, 0.2) is 6.07 Å². The normalized spacial score (nSPS) is 20.5. The summed E-state index contributed by atoms with van der Waals surface area (Å²) in [5.41, 5.74) is 0.995. The number of ether oxygens (including phenoxy) is 2. The van der Waals surface area contributed by atoms with E-state index in [0.29, 0.717) is 18.3 Å². The lowest BCUT2D eigenvalue weighted by Crippen LogP contribution is -2.32. The van der Waals surface area contributed by atoms with Crippen LogP contribution in [0.25, 0.3) is 0 Å². The number of nitrogens with one attached hydrogen (secondary N) is 2. The molecule has 1 aromatic heterocycles. The van der Waals surface area contributed by atoms with Crippen LogP contribution in [0.4, 0.5) is 5.82 Å². The SMILES string of the molecule is CC(OCC1CCCCO1)C(=O)Nc1cc(C(C)C)[nH]n1. The maximum atomic E-state index is 12.0. The fourth-order valence-corrected chi connectivity index (χ4v) is 2.19. The number of aromatic nitrogens is 2. The number of hydrogen-bond donors (Lipinski definition) is 2. The first-order valence-corrected chi connectivity index (χ1v) is 7.65. The summed E-state index contributed by atoms with van der Waals surface area (Å²) >= 11 is 0. The van der Waals surface area contributed by atoms with E-state index in [-0.39, 0.29) is 12.0 Å². The molecule has 0 aliphatic carbocycles. The largest absolute Gasteiger partial charge is 0.376 e. The molecule has 1 aliphatic rings. The predicted molar refractivity (Wildman–Crippen MR) is 80.3 cm³/mol. The van der Waals surface area contributed by atoms with E-state index in [1.165, 1.54) is 6.42 Å². The topological polar surface area (TPSA) is 76.2 Å². The van der Waals surface area contributed by atoms with Gasteiger partial charge in [0.25, 0.3) is 5.91 Å². The molecule has 2 atom stereocenters. The molecule has 2 N–H and O–H groups in total. The maximum Gasteiger partial charge on any atom is 0.254 e. The zero-order valence-corrected chi connectivity index (χ0v) is 13.0. The third-order valence-corrected chi connectivity index (χ3v) is 3.65. The number of hydrogen-bond acceptors (Lipinski definition) is 4. The molecule has 0 radical (unpaired) electrons. The number of amides is 1. The van der Waals surface area contributed by atoms with Crippen molar-refractivity contribution < 1.29 is 14.3 Å². The molecule has 2 heterocycles. The average Bonchev–Trinajstić information content (AvgIpc) is 2.94. The van der Waals surface area contributed by atoms with Gasteiger partial charge in [0.2, 0.25) is 0 Å². The quantitative estimate of drug-likeness (QED) is 0.845. The molecule has 1 amide bonds. The van der Waals surface area contributed by atoms with Crippen LogP contribution in [-0.2, 0) is 14.3 Å². The Labute approximate surface area is 125 Å². The van der Waals surface area contributed by atoms with Crippen molar-refractivity contribution in [3.05, 3.63) is 11.8 Å². The summed E-state index contributed by atoms with van der Waals surface area (Å²) in [4.78, 5) is 12.0. The van der Waals surface area contributed by atoms with Gasteiger partial charge in [-0.25, -0.2) is 0 Å². The van der Waals surface area contributed by atoms with Crippen LogP contribution >= 0.6 is 0 Å². The lowest BCUT2D eigenvalue weighted by atomic mass is 10.1. The summed E-state index contributed by atoms with van der Waals surface area (Å²) in [7, 11) is 0. The van der Waals surface area contributed by atoms with Crippen molar-refractivity contribution in [2.24, 2.45) is 0 Å². The molecule has 1 aliphatic heterocycles. The van der Waals surface area contributed by atoms with Crippen LogP contribution in [0, 0.1) is 0 Å². The van der Waals surface area contributed by atoms with Crippen molar-refractivity contribution in [3.8, 4) is 0 Å². The van der Waals surface area contributed by atoms with Gasteiger partial charge in [0.05, 0.1) is 12.7 Å². The summed E-state index contributed by atoms with van der Waals surface area (Å²) in [5.74, 6) is 0.695. The second-order valence-corrected chi connectivity index (χ2v) is 5.82. The van der Waals surface area contributed by atoms with E-state index in [0.717, 1.165) is 25.1 Å². The molecule has 2 rings (SSSR count). The van der Waals surface area contributed by atoms with E-state index in [9.17, 15) is 4.79 Å². The summed E-state index contributed by atoms with van der Waals surface area (Å²) < 4.78 is 11.2. The number of H-pyrrole nitrogens is 1. The fraction of sp³-hybridized carbons (Fsp3) is 0.733. The highest BCUT2D eigenvalue weighted by Crippen LogP contribution is 2.16. The van der Waals surface area contributed by atoms with E-state index in [2.05, 4.69) is 29.4 Å². The Kier molecular flexibility index (Phi) is 5.76. The Morgan fingerprint density at radius 1 is 1.52 bits per heavy atom. The highest BCUT2D eigenvalue weighted by molar-refractivity contribution is 5.93. The van der Waals surface area contributed by atoms with Gasteiger partial charge in [0.15, 0.2) is 5.82 Å². The van der Waals surface area contributed by atoms with Gasteiger partial charge in [-0.15, -0.1) is 0 Å². The molecular weight excluding hydrogens is 270 g/mol. The number of carbonyl (C=O) groups excluding carboxylic acids is 1. The van der Waals surface area contributed by atoms with Gasteiger partial charge in [-0.2, -0.15) is 5.10 Å². The number of nitrogens with zero attached hydrogens (tertiary/aromatic N) is 1. The standard InChI is InChI=1S/C15H25N3O3/c1-10(2)13-8-14(18-17-13)16-15(19)11(3)21-9-12-6-4-5-7-20-12/h8,10-12H,4-7,9H2,1-3H3,(H2,16,17,18,19). The minimum absolute atomic E-state index is 0.118. The van der Waals surface area contributed by atoms with Crippen molar-refractivity contribution in [1.82, 2.24) is 10.2 Å². The van der Waals surface area contributed by atoms with E-state index in [1.807, 2.05) is 6.07 Å². The highest BCUT2D eigenvalue weighted by Gasteiger charge is 2.19. The average molecular weight is 295 g/mol. The first-order chi connectivity index (χ1) is 10.1. The Hall–Kier alpha value is -1.40. The fourth-order valence-electron chi connectivity index (χ4n) is 2.19. The lowest BCUT2D eigenvalue weighted by Gasteiger charge is -2.23. The summed E-state index contributed by atoms with van der Waals surface area (Å²) in [6, 6.07) is 1.85. The van der Waals surface area contributed by atoms with Gasteiger partial charge in [-0.05, 0) is 32.1 Å². The molecule has 1 aromatic rings. The van der Waals surface area contributed by atoms with Crippen LogP contribution in [0.1, 0.15) is 51.6 Å². The molecular formula is C15H25N3O3. The maximum absolute atomic E-state index is 12.0. The minimum Gasteiger partial charge on any atom is -0.376 e. The molecule has 1 fully saturated rings. The first-order valence-electron chi connectivity index (χ1n) is 7.65. The Bertz CT molecular complexity index is 453. The molecule has 1 saturated heterocycles. The van der Waals surface area contributed by atoms with Crippen LogP contribution in [0.2, 0.25) is 0 Å². The van der Waals surface area contributed by atoms with Gasteiger partial charge >= 0.3 is 0 Å². The summed E-state index contributed by atoms with van der Waals surface area (Å²) in [6.45, 7) is 7.13. The molecule has 6 nitrogen and oxygen atoms in total. The Morgan fingerprint density at radius 3 is 2.95 bits per heavy atom. The molecule has 6 heteroatoms. The van der Waals surface area contributed by atoms with E-state index in [1.54, 1.807) is 6.92 Å². The summed E-state index contributed by atoms with van der Waals surface area (Å²) in [6.07, 6.45) is 2.89. The van der Waals surface area contributed by atoms with Gasteiger partial charge < -0.3 is 14.8 Å². The molecule has 2 unspecified atom stereocenters. The summed E-state index contributed by atoms with van der Waals surface area (Å²) in [5, 5.41) is 9.74. The van der Waals surface area contributed by atoms with Gasteiger partial charge in [-0.3, -0.25) is 9.89 Å². The lowest BCUT2D eigenvalue weighted by molar-refractivity contribution is -0.130. The van der Waals surface area contributed by atoms with Gasteiger partial charge in [0.1, 0.15) is 6.10 Å². The second-order valence-electron chi connectivity index (χ2n) is 5.82. The van der Waals surface area contributed by atoms with E-state index in [4.69, 9.17) is 9.47 Å². The number of rotatable bonds is 6. The van der Waals surface area contributed by atoms with Crippen molar-refractivity contribution in [1.29, 1.82) is 0 Å². The van der Waals surface area contributed by atoms with Crippen LogP contribution in [0.5, 0.6) is 0 Å². The second kappa shape index (κ2) is 7.56. The van der Waals surface area contributed by atoms with Crippen LogP contribution in [-0.4, -0.2) is 41.5 Å². The van der Waals surface area contributed by atoms with Crippen molar-refractivity contribution in [2.75, 3.05) is 18.5 Å². The molecule has 0 saturated carbocycles. The van der Waals surface area contributed by atoms with Crippen molar-refractivity contribution in [2.45, 2.75) is 58.2 Å². The minimum atomic E-state index is -0.519. The van der Waals surface area contributed by atoms with Crippen molar-refractivity contribution >= 4 is 11.7 Å². The Balaban J connectivity index is 1.75. The van der Waals surface area contributed by atoms with E-state index >= 15 is 0 Å². The third-order valence-electron chi connectivity index (χ3n) is 3.65. The van der Waals surface area contributed by atoms with Crippen molar-refractivity contribution in [3.63, 3.8) is 0 Å². The zero-order chi connectivity index (χ0) is 15.2. The highest BCUT2D eigenvalue weighted by atomic mass is 16.5. The Morgan fingerprint density at radius 2 is 2.33 bits per heavy atom. The number of aromatic amines is 1. The predicted octanol–water partition coefficient (Wildman–Crippen LogP) is 2.45. The molecule has 118 valence electrons. The smallest absolute Gasteiger partial charge is 0.254 e. The van der Waals surface area contributed by atoms with Crippen LogP contribution in [0.3, 0.4) is 0 Å². The first kappa shape index (κ1) is 16.0. The number of carbonyl (C=O) groups is 1. The third kappa shape index (κ3) is 4.82. The molecule has 0 spiro atoms. The molecule has 21 heavy (non-hydrogen) atoms. The molecule has 0 bridgehead atoms. The number of anilines is 1. The molecule has 0 aromatic carbocycles. The van der Waals surface area contributed by atoms with E-state index < -0.39 is 6.10 Å².